The van der Waals surface area contributed by atoms with Gasteiger partial charge < -0.3 is 16.1 Å². The predicted octanol–water partition coefficient (Wildman–Crippen LogP) is 3.40. The maximum atomic E-state index is 12.0. The Balaban J connectivity index is 1.76. The molecule has 0 bridgehead atoms. The van der Waals surface area contributed by atoms with E-state index in [-0.39, 0.29) is 12.1 Å². The molecule has 146 valence electrons. The molecule has 0 heterocycles. The number of anilines is 2. The van der Waals surface area contributed by atoms with Crippen molar-refractivity contribution in [2.75, 3.05) is 10.6 Å². The molecule has 2 rings (SSSR count). The Morgan fingerprint density at radius 2 is 1.50 bits per heavy atom. The molecule has 28 heavy (non-hydrogen) atoms. The van der Waals surface area contributed by atoms with Gasteiger partial charge in [-0.15, -0.1) is 0 Å². The smallest absolute Gasteiger partial charge is 0.326 e. The topological polar surface area (TPSA) is 99.3 Å². The highest BCUT2D eigenvalue weighted by atomic mass is 35.5. The van der Waals surface area contributed by atoms with Gasteiger partial charge in [0.05, 0.1) is 16.5 Å². The Kier molecular flexibility index (Phi) is 7.43. The largest absolute Gasteiger partial charge is 0.327 e. The van der Waals surface area contributed by atoms with Gasteiger partial charge in [-0.1, -0.05) is 47.5 Å². The van der Waals surface area contributed by atoms with E-state index in [0.29, 0.717) is 21.4 Å². The molecule has 2 aromatic carbocycles. The van der Waals surface area contributed by atoms with Crippen LogP contribution in [0, 0.1) is 6.92 Å². The van der Waals surface area contributed by atoms with E-state index in [1.54, 1.807) is 36.4 Å². The molecule has 4 N–H and O–H groups in total. The second kappa shape index (κ2) is 9.77. The highest BCUT2D eigenvalue weighted by molar-refractivity contribution is 6.42. The van der Waals surface area contributed by atoms with Crippen LogP contribution in [0.1, 0.15) is 12.0 Å². The van der Waals surface area contributed by atoms with Gasteiger partial charge in [-0.2, -0.15) is 0 Å². The predicted molar refractivity (Wildman–Crippen MR) is 110 cm³/mol. The SMILES string of the molecule is C=C(CC(=O)Nc1ccc(Cl)c(Cl)c1)NNC(=O)C(=O)Nc1ccc(C)cc1. The first-order valence-corrected chi connectivity index (χ1v) is 8.87. The Morgan fingerprint density at radius 1 is 0.857 bits per heavy atom. The van der Waals surface area contributed by atoms with Crippen LogP contribution < -0.4 is 21.5 Å². The van der Waals surface area contributed by atoms with Crippen molar-refractivity contribution in [1.82, 2.24) is 10.9 Å². The zero-order valence-corrected chi connectivity index (χ0v) is 16.4. The molecule has 0 saturated heterocycles. The van der Waals surface area contributed by atoms with Crippen LogP contribution in [0.25, 0.3) is 0 Å². The van der Waals surface area contributed by atoms with E-state index in [0.717, 1.165) is 5.56 Å². The van der Waals surface area contributed by atoms with Crippen molar-refractivity contribution >= 4 is 52.3 Å². The molecule has 0 unspecified atom stereocenters. The number of aryl methyl sites for hydroxylation is 1. The summed E-state index contributed by atoms with van der Waals surface area (Å²) in [5, 5.41) is 5.75. The average molecular weight is 421 g/mol. The normalized spacial score (nSPS) is 9.96. The Morgan fingerprint density at radius 3 is 2.14 bits per heavy atom. The first kappa shape index (κ1) is 21.3. The molecule has 0 saturated carbocycles. The van der Waals surface area contributed by atoms with Crippen LogP contribution in [0.4, 0.5) is 11.4 Å². The van der Waals surface area contributed by atoms with Gasteiger partial charge >= 0.3 is 11.8 Å². The summed E-state index contributed by atoms with van der Waals surface area (Å²) in [6.45, 7) is 5.54. The zero-order chi connectivity index (χ0) is 20.7. The molecule has 0 radical (unpaired) electrons. The average Bonchev–Trinajstić information content (AvgIpc) is 2.64. The maximum absolute atomic E-state index is 12.0. The van der Waals surface area contributed by atoms with E-state index in [1.165, 1.54) is 6.07 Å². The number of carbonyl (C=O) groups is 3. The van der Waals surface area contributed by atoms with Crippen LogP contribution in [-0.4, -0.2) is 17.7 Å². The van der Waals surface area contributed by atoms with E-state index in [2.05, 4.69) is 28.1 Å². The minimum atomic E-state index is -0.924. The van der Waals surface area contributed by atoms with E-state index >= 15 is 0 Å². The van der Waals surface area contributed by atoms with Crippen molar-refractivity contribution < 1.29 is 14.4 Å². The number of hydrogen-bond acceptors (Lipinski definition) is 4. The highest BCUT2D eigenvalue weighted by Gasteiger charge is 2.14. The zero-order valence-electron chi connectivity index (χ0n) is 14.9. The molecule has 9 heteroatoms. The number of rotatable bonds is 6. The van der Waals surface area contributed by atoms with Gasteiger partial charge in [-0.3, -0.25) is 19.8 Å². The van der Waals surface area contributed by atoms with E-state index in [4.69, 9.17) is 23.2 Å². The van der Waals surface area contributed by atoms with Crippen LogP contribution in [-0.2, 0) is 14.4 Å². The molecule has 3 amide bonds. The Hall–Kier alpha value is -3.03. The fourth-order valence-electron chi connectivity index (χ4n) is 2.04. The molecule has 0 aliphatic carbocycles. The quantitative estimate of drug-likeness (QED) is 0.424. The molecule has 0 aromatic heterocycles. The van der Waals surface area contributed by atoms with E-state index in [9.17, 15) is 14.4 Å². The number of benzene rings is 2. The second-order valence-electron chi connectivity index (χ2n) is 5.86. The molecule has 0 aliphatic rings. The number of carbonyl (C=O) groups excluding carboxylic acids is 3. The molecular weight excluding hydrogens is 403 g/mol. The molecular formula is C19H18Cl2N4O3. The van der Waals surface area contributed by atoms with Crippen molar-refractivity contribution in [3.63, 3.8) is 0 Å². The second-order valence-corrected chi connectivity index (χ2v) is 6.67. The van der Waals surface area contributed by atoms with Crippen LogP contribution >= 0.6 is 23.2 Å². The summed E-state index contributed by atoms with van der Waals surface area (Å²) in [4.78, 5) is 35.6. The Bertz CT molecular complexity index is 914. The number of amides is 3. The van der Waals surface area contributed by atoms with Crippen molar-refractivity contribution in [3.8, 4) is 0 Å². The third-order valence-corrected chi connectivity index (χ3v) is 4.18. The summed E-state index contributed by atoms with van der Waals surface area (Å²) in [7, 11) is 0. The molecule has 0 aliphatic heterocycles. The van der Waals surface area contributed by atoms with Crippen LogP contribution in [0.2, 0.25) is 10.0 Å². The van der Waals surface area contributed by atoms with Crippen LogP contribution in [0.5, 0.6) is 0 Å². The summed E-state index contributed by atoms with van der Waals surface area (Å²) in [6, 6.07) is 11.6. The molecule has 2 aromatic rings. The standard InChI is InChI=1S/C19H18Cl2N4O3/c1-11-3-5-13(6-4-11)23-18(27)19(28)25-24-12(2)9-17(26)22-14-7-8-15(20)16(21)10-14/h3-8,10,24H,2,9H2,1H3,(H,22,26)(H,23,27)(H,25,28). The van der Waals surface area contributed by atoms with Crippen LogP contribution in [0.15, 0.2) is 54.7 Å². The van der Waals surface area contributed by atoms with Gasteiger partial charge in [-0.25, -0.2) is 0 Å². The monoisotopic (exact) mass is 420 g/mol. The van der Waals surface area contributed by atoms with Gasteiger partial charge in [0.2, 0.25) is 5.91 Å². The van der Waals surface area contributed by atoms with Gasteiger partial charge in [0.25, 0.3) is 0 Å². The molecule has 0 fully saturated rings. The van der Waals surface area contributed by atoms with Gasteiger partial charge in [-0.05, 0) is 37.3 Å². The minimum Gasteiger partial charge on any atom is -0.326 e. The third-order valence-electron chi connectivity index (χ3n) is 3.45. The fourth-order valence-corrected chi connectivity index (χ4v) is 2.34. The minimum absolute atomic E-state index is 0.139. The first-order chi connectivity index (χ1) is 13.2. The molecule has 7 nitrogen and oxygen atoms in total. The summed E-state index contributed by atoms with van der Waals surface area (Å²) in [6.07, 6.45) is -0.139. The lowest BCUT2D eigenvalue weighted by Gasteiger charge is -2.12. The lowest BCUT2D eigenvalue weighted by Crippen LogP contribution is -2.43. The number of hydrogen-bond donors (Lipinski definition) is 4. The summed E-state index contributed by atoms with van der Waals surface area (Å²) in [5.41, 5.74) is 6.79. The van der Waals surface area contributed by atoms with Crippen molar-refractivity contribution in [1.29, 1.82) is 0 Å². The summed E-state index contributed by atoms with van der Waals surface area (Å²) < 4.78 is 0. The molecule has 0 atom stereocenters. The van der Waals surface area contributed by atoms with Gasteiger partial charge in [0, 0.05) is 17.1 Å². The highest BCUT2D eigenvalue weighted by Crippen LogP contribution is 2.25. The van der Waals surface area contributed by atoms with Crippen molar-refractivity contribution in [2.45, 2.75) is 13.3 Å². The lowest BCUT2D eigenvalue weighted by atomic mass is 10.2. The summed E-state index contributed by atoms with van der Waals surface area (Å²) in [5.74, 6) is -2.18. The number of hydrazine groups is 1. The van der Waals surface area contributed by atoms with Gasteiger partial charge in [0.15, 0.2) is 0 Å². The van der Waals surface area contributed by atoms with E-state index < -0.39 is 17.7 Å². The number of nitrogens with one attached hydrogen (secondary N) is 4. The lowest BCUT2D eigenvalue weighted by molar-refractivity contribution is -0.136. The fraction of sp³-hybridized carbons (Fsp3) is 0.105. The van der Waals surface area contributed by atoms with Crippen LogP contribution in [0.3, 0.4) is 0 Å². The first-order valence-electron chi connectivity index (χ1n) is 8.11. The van der Waals surface area contributed by atoms with Crippen molar-refractivity contribution in [3.05, 3.63) is 70.3 Å². The van der Waals surface area contributed by atoms with Gasteiger partial charge in [0.1, 0.15) is 0 Å². The van der Waals surface area contributed by atoms with Crippen molar-refractivity contribution in [2.24, 2.45) is 0 Å². The Labute approximate surface area is 172 Å². The molecule has 0 spiro atoms. The summed E-state index contributed by atoms with van der Waals surface area (Å²) >= 11 is 11.7. The maximum Gasteiger partial charge on any atom is 0.327 e. The van der Waals surface area contributed by atoms with E-state index in [1.807, 2.05) is 6.92 Å². The number of halogens is 2. The third kappa shape index (κ3) is 6.61.